The smallest absolute Gasteiger partial charge is 0.246 e. The predicted octanol–water partition coefficient (Wildman–Crippen LogP) is 3.45. The van der Waals surface area contributed by atoms with E-state index in [1.54, 1.807) is 30.3 Å². The van der Waals surface area contributed by atoms with Crippen LogP contribution in [0.25, 0.3) is 0 Å². The maximum absolute atomic E-state index is 13.2. The van der Waals surface area contributed by atoms with E-state index in [0.29, 0.717) is 36.5 Å². The minimum absolute atomic E-state index is 0.00774. The van der Waals surface area contributed by atoms with Crippen molar-refractivity contribution in [3.05, 3.63) is 53.1 Å². The second-order valence-electron chi connectivity index (χ2n) is 7.02. The lowest BCUT2D eigenvalue weighted by atomic mass is 9.98. The molecule has 1 aliphatic rings. The van der Waals surface area contributed by atoms with Gasteiger partial charge >= 0.3 is 0 Å². The highest BCUT2D eigenvalue weighted by Crippen LogP contribution is 2.32. The first kappa shape index (κ1) is 22.1. The molecule has 0 aromatic heterocycles. The molecule has 0 spiro atoms. The van der Waals surface area contributed by atoms with E-state index >= 15 is 0 Å². The number of benzene rings is 2. The molecule has 1 N–H and O–H groups in total. The number of hydrogen-bond donors (Lipinski definition) is 1. The Morgan fingerprint density at radius 3 is 2.70 bits per heavy atom. The predicted molar refractivity (Wildman–Crippen MR) is 114 cm³/mol. The van der Waals surface area contributed by atoms with E-state index in [9.17, 15) is 13.2 Å². The molecule has 9 heteroatoms. The Morgan fingerprint density at radius 2 is 2.03 bits per heavy atom. The van der Waals surface area contributed by atoms with Gasteiger partial charge in [-0.15, -0.1) is 0 Å². The van der Waals surface area contributed by atoms with E-state index in [4.69, 9.17) is 21.6 Å². The van der Waals surface area contributed by atoms with Gasteiger partial charge in [0.2, 0.25) is 15.9 Å². The Labute approximate surface area is 181 Å². The molecule has 2 aromatic carbocycles. The molecule has 1 amide bonds. The molecule has 30 heavy (non-hydrogen) atoms. The number of sulfonamides is 1. The molecular weight excluding hydrogens is 426 g/mol. The van der Waals surface area contributed by atoms with Crippen molar-refractivity contribution in [3.8, 4) is 11.8 Å². The average molecular weight is 448 g/mol. The quantitative estimate of drug-likeness (QED) is 0.731. The van der Waals surface area contributed by atoms with Crippen LogP contribution in [0.5, 0.6) is 5.75 Å². The molecule has 1 saturated heterocycles. The molecule has 1 fully saturated rings. The molecule has 1 aliphatic heterocycles. The van der Waals surface area contributed by atoms with Gasteiger partial charge in [0.05, 0.1) is 25.5 Å². The molecule has 2 aromatic rings. The highest BCUT2D eigenvalue weighted by molar-refractivity contribution is 7.89. The zero-order valence-corrected chi connectivity index (χ0v) is 18.0. The maximum Gasteiger partial charge on any atom is 0.246 e. The third kappa shape index (κ3) is 4.93. The van der Waals surface area contributed by atoms with E-state index in [1.165, 1.54) is 23.5 Å². The van der Waals surface area contributed by atoms with Crippen LogP contribution >= 0.6 is 11.6 Å². The van der Waals surface area contributed by atoms with Gasteiger partial charge in [-0.1, -0.05) is 23.7 Å². The highest BCUT2D eigenvalue weighted by Gasteiger charge is 2.35. The summed E-state index contributed by atoms with van der Waals surface area (Å²) in [4.78, 5) is 12.7. The monoisotopic (exact) mass is 447 g/mol. The second-order valence-corrected chi connectivity index (χ2v) is 9.36. The van der Waals surface area contributed by atoms with Crippen molar-refractivity contribution in [3.63, 3.8) is 0 Å². The molecule has 1 heterocycles. The summed E-state index contributed by atoms with van der Waals surface area (Å²) >= 11 is 6.00. The summed E-state index contributed by atoms with van der Waals surface area (Å²) < 4.78 is 32.9. The Bertz CT molecular complexity index is 1060. The lowest BCUT2D eigenvalue weighted by molar-refractivity contribution is -0.120. The van der Waals surface area contributed by atoms with Crippen molar-refractivity contribution in [2.75, 3.05) is 25.5 Å². The number of carbonyl (C=O) groups is 1. The number of rotatable bonds is 6. The number of amides is 1. The van der Waals surface area contributed by atoms with E-state index < -0.39 is 15.9 Å². The third-order valence-corrected chi connectivity index (χ3v) is 7.12. The van der Waals surface area contributed by atoms with Crippen LogP contribution in [0, 0.1) is 17.2 Å². The first-order valence-electron chi connectivity index (χ1n) is 9.45. The number of piperidine rings is 1. The summed E-state index contributed by atoms with van der Waals surface area (Å²) in [6.07, 6.45) is 1.47. The second kappa shape index (κ2) is 9.47. The van der Waals surface area contributed by atoms with Crippen molar-refractivity contribution in [2.24, 2.45) is 5.92 Å². The van der Waals surface area contributed by atoms with Gasteiger partial charge in [0.1, 0.15) is 10.6 Å². The SMILES string of the molecule is COc1ccc(Cl)cc1S(=O)(=O)N1CCC[C@H](C(=O)Nc2ccc(CC#N)cc2)C1. The van der Waals surface area contributed by atoms with Crippen LogP contribution in [-0.2, 0) is 21.2 Å². The van der Waals surface area contributed by atoms with Gasteiger partial charge in [0.25, 0.3) is 0 Å². The molecule has 3 rings (SSSR count). The Hall–Kier alpha value is -2.60. The first-order valence-corrected chi connectivity index (χ1v) is 11.3. The molecule has 158 valence electrons. The van der Waals surface area contributed by atoms with Gasteiger partial charge in [-0.3, -0.25) is 4.79 Å². The third-order valence-electron chi connectivity index (χ3n) is 5.00. The minimum Gasteiger partial charge on any atom is -0.495 e. The molecule has 1 atom stereocenters. The highest BCUT2D eigenvalue weighted by atomic mass is 35.5. The maximum atomic E-state index is 13.2. The van der Waals surface area contributed by atoms with Crippen LogP contribution in [0.4, 0.5) is 5.69 Å². The minimum atomic E-state index is -3.87. The van der Waals surface area contributed by atoms with Crippen LogP contribution in [-0.4, -0.2) is 38.8 Å². The van der Waals surface area contributed by atoms with Crippen molar-refractivity contribution < 1.29 is 17.9 Å². The molecular formula is C21H22ClN3O4S. The summed E-state index contributed by atoms with van der Waals surface area (Å²) in [5.41, 5.74) is 1.47. The van der Waals surface area contributed by atoms with Crippen LogP contribution in [0.3, 0.4) is 0 Å². The molecule has 7 nitrogen and oxygen atoms in total. The molecule has 0 aliphatic carbocycles. The van der Waals surface area contributed by atoms with Crippen LogP contribution < -0.4 is 10.1 Å². The fourth-order valence-electron chi connectivity index (χ4n) is 3.41. The van der Waals surface area contributed by atoms with E-state index in [0.717, 1.165) is 5.56 Å². The summed E-state index contributed by atoms with van der Waals surface area (Å²) in [7, 11) is -2.47. The molecule has 0 saturated carbocycles. The van der Waals surface area contributed by atoms with Gasteiger partial charge in [0.15, 0.2) is 0 Å². The van der Waals surface area contributed by atoms with E-state index in [2.05, 4.69) is 11.4 Å². The first-order chi connectivity index (χ1) is 14.3. The zero-order chi connectivity index (χ0) is 21.7. The van der Waals surface area contributed by atoms with Crippen LogP contribution in [0.15, 0.2) is 47.4 Å². The molecule has 0 radical (unpaired) electrons. The number of nitriles is 1. The average Bonchev–Trinajstić information content (AvgIpc) is 2.75. The van der Waals surface area contributed by atoms with Gasteiger partial charge in [0, 0.05) is 23.8 Å². The summed E-state index contributed by atoms with van der Waals surface area (Å²) in [5, 5.41) is 11.9. The van der Waals surface area contributed by atoms with Crippen molar-refractivity contribution >= 4 is 33.2 Å². The fourth-order valence-corrected chi connectivity index (χ4v) is 5.35. The lowest BCUT2D eigenvalue weighted by Gasteiger charge is -2.31. The van der Waals surface area contributed by atoms with Gasteiger partial charge < -0.3 is 10.1 Å². The van der Waals surface area contributed by atoms with Crippen molar-refractivity contribution in [1.29, 1.82) is 5.26 Å². The standard InChI is InChI=1S/C21H22ClN3O4S/c1-29-19-9-6-17(22)13-20(19)30(27,28)25-12-2-3-16(14-25)21(26)24-18-7-4-15(5-8-18)10-11-23/h4-9,13,16H,2-3,10,12,14H2,1H3,(H,24,26)/t16-/m0/s1. The number of halogens is 1. The van der Waals surface area contributed by atoms with Crippen LogP contribution in [0.2, 0.25) is 5.02 Å². The fraction of sp³-hybridized carbons (Fsp3) is 0.333. The summed E-state index contributed by atoms with van der Waals surface area (Å²) in [6, 6.07) is 13.5. The largest absolute Gasteiger partial charge is 0.495 e. The lowest BCUT2D eigenvalue weighted by Crippen LogP contribution is -2.43. The molecule has 0 unspecified atom stereocenters. The number of hydrogen-bond acceptors (Lipinski definition) is 5. The van der Waals surface area contributed by atoms with Crippen LogP contribution in [0.1, 0.15) is 18.4 Å². The van der Waals surface area contributed by atoms with Crippen molar-refractivity contribution in [2.45, 2.75) is 24.2 Å². The van der Waals surface area contributed by atoms with Gasteiger partial charge in [-0.25, -0.2) is 8.42 Å². The van der Waals surface area contributed by atoms with Gasteiger partial charge in [-0.2, -0.15) is 9.57 Å². The number of nitrogens with zero attached hydrogens (tertiary/aromatic N) is 2. The number of ether oxygens (including phenoxy) is 1. The Kier molecular flexibility index (Phi) is 6.98. The zero-order valence-electron chi connectivity index (χ0n) is 16.5. The van der Waals surface area contributed by atoms with E-state index in [1.807, 2.05) is 0 Å². The Balaban J connectivity index is 1.74. The summed E-state index contributed by atoms with van der Waals surface area (Å²) in [6.45, 7) is 0.404. The van der Waals surface area contributed by atoms with Crippen molar-refractivity contribution in [1.82, 2.24) is 4.31 Å². The summed E-state index contributed by atoms with van der Waals surface area (Å²) in [5.74, 6) is -0.498. The number of carbonyl (C=O) groups excluding carboxylic acids is 1. The number of nitrogens with one attached hydrogen (secondary N) is 1. The Morgan fingerprint density at radius 1 is 1.30 bits per heavy atom. The molecule has 0 bridgehead atoms. The van der Waals surface area contributed by atoms with E-state index in [-0.39, 0.29) is 23.1 Å². The normalized spacial score (nSPS) is 17.2. The topological polar surface area (TPSA) is 99.5 Å². The number of anilines is 1. The number of methoxy groups -OCH3 is 1. The van der Waals surface area contributed by atoms with Gasteiger partial charge in [-0.05, 0) is 48.7 Å².